The van der Waals surface area contributed by atoms with Crippen LogP contribution < -0.4 is 4.90 Å². The maximum atomic E-state index is 2.76. The number of nitrogens with zero attached hydrogens (tertiary/aromatic N) is 1. The summed E-state index contributed by atoms with van der Waals surface area (Å²) in [5.41, 5.74) is 8.91. The van der Waals surface area contributed by atoms with Gasteiger partial charge >= 0.3 is 0 Å². The average molecular weight is 464 g/mol. The number of anilines is 1. The van der Waals surface area contributed by atoms with Crippen LogP contribution in [0.25, 0.3) is 0 Å². The molecule has 2 aromatic carbocycles. The second kappa shape index (κ2) is 10.4. The van der Waals surface area contributed by atoms with Crippen molar-refractivity contribution in [3.8, 4) is 0 Å². The lowest BCUT2D eigenvalue weighted by Crippen LogP contribution is -2.51. The summed E-state index contributed by atoms with van der Waals surface area (Å²) >= 11 is 0. The smallest absolute Gasteiger partial charge is 0.0654 e. The second-order valence-electron chi connectivity index (χ2n) is 10.6. The van der Waals surface area contributed by atoms with Crippen LogP contribution in [-0.2, 0) is 12.0 Å². The van der Waals surface area contributed by atoms with Crippen LogP contribution in [0.5, 0.6) is 0 Å². The molecule has 0 N–H and O–H groups in total. The number of allylic oxidation sites excluding steroid dienone is 6. The van der Waals surface area contributed by atoms with Gasteiger partial charge in [0.05, 0.1) is 11.6 Å². The molecular weight excluding hydrogens is 422 g/mol. The molecule has 0 aromatic heterocycles. The van der Waals surface area contributed by atoms with Crippen molar-refractivity contribution in [1.82, 2.24) is 0 Å². The Hall–Kier alpha value is -2.80. The van der Waals surface area contributed by atoms with Crippen molar-refractivity contribution in [2.75, 3.05) is 4.90 Å². The van der Waals surface area contributed by atoms with E-state index < -0.39 is 0 Å². The molecule has 1 saturated carbocycles. The number of hydrogen-bond acceptors (Lipinski definition) is 1. The van der Waals surface area contributed by atoms with Gasteiger partial charge < -0.3 is 4.90 Å². The largest absolute Gasteiger partial charge is 0.355 e. The molecule has 35 heavy (non-hydrogen) atoms. The van der Waals surface area contributed by atoms with Crippen molar-refractivity contribution in [2.45, 2.75) is 83.7 Å². The van der Waals surface area contributed by atoms with E-state index in [-0.39, 0.29) is 5.54 Å². The predicted octanol–water partition coefficient (Wildman–Crippen LogP) is 9.08. The van der Waals surface area contributed by atoms with E-state index in [2.05, 4.69) is 111 Å². The summed E-state index contributed by atoms with van der Waals surface area (Å²) in [6.45, 7) is 6.97. The van der Waals surface area contributed by atoms with E-state index in [0.29, 0.717) is 6.04 Å². The van der Waals surface area contributed by atoms with E-state index in [1.807, 2.05) is 0 Å². The summed E-state index contributed by atoms with van der Waals surface area (Å²) in [4.78, 5) is 2.76. The Bertz CT molecular complexity index is 1120. The molecule has 0 spiro atoms. The summed E-state index contributed by atoms with van der Waals surface area (Å²) < 4.78 is 0. The normalized spacial score (nSPS) is 21.7. The Morgan fingerprint density at radius 1 is 0.857 bits per heavy atom. The van der Waals surface area contributed by atoms with Crippen molar-refractivity contribution in [1.29, 1.82) is 0 Å². The summed E-state index contributed by atoms with van der Waals surface area (Å²) in [6.07, 6.45) is 21.6. The van der Waals surface area contributed by atoms with E-state index in [0.717, 1.165) is 31.6 Å². The first kappa shape index (κ1) is 23.9. The predicted molar refractivity (Wildman–Crippen MR) is 151 cm³/mol. The Kier molecular flexibility index (Phi) is 7.14. The van der Waals surface area contributed by atoms with Crippen molar-refractivity contribution < 1.29 is 0 Å². The number of benzene rings is 2. The van der Waals surface area contributed by atoms with Crippen LogP contribution in [0.4, 0.5) is 5.69 Å². The topological polar surface area (TPSA) is 3.24 Å². The molecule has 182 valence electrons. The molecule has 2 atom stereocenters. The van der Waals surface area contributed by atoms with Crippen molar-refractivity contribution in [3.63, 3.8) is 0 Å². The third kappa shape index (κ3) is 4.58. The Balaban J connectivity index is 1.56. The summed E-state index contributed by atoms with van der Waals surface area (Å²) in [5.74, 6) is 0.718. The number of fused-ring (bicyclic) bond motifs is 2. The van der Waals surface area contributed by atoms with Gasteiger partial charge in [0.25, 0.3) is 0 Å². The number of hydrogen-bond donors (Lipinski definition) is 0. The zero-order valence-electron chi connectivity index (χ0n) is 21.8. The fourth-order valence-electron chi connectivity index (χ4n) is 6.81. The van der Waals surface area contributed by atoms with Crippen molar-refractivity contribution in [3.05, 3.63) is 113 Å². The van der Waals surface area contributed by atoms with Crippen LogP contribution in [0, 0.1) is 5.92 Å². The maximum Gasteiger partial charge on any atom is 0.0654 e. The molecule has 2 unspecified atom stereocenters. The minimum absolute atomic E-state index is 0.0503. The van der Waals surface area contributed by atoms with Crippen LogP contribution in [0.3, 0.4) is 0 Å². The van der Waals surface area contributed by atoms with E-state index >= 15 is 0 Å². The van der Waals surface area contributed by atoms with Gasteiger partial charge in [0.2, 0.25) is 0 Å². The van der Waals surface area contributed by atoms with Gasteiger partial charge in [-0.3, -0.25) is 0 Å². The third-order valence-corrected chi connectivity index (χ3v) is 8.82. The van der Waals surface area contributed by atoms with Crippen LogP contribution >= 0.6 is 0 Å². The van der Waals surface area contributed by atoms with Crippen LogP contribution in [0.15, 0.2) is 102 Å². The molecule has 0 saturated heterocycles. The van der Waals surface area contributed by atoms with E-state index in [9.17, 15) is 0 Å². The lowest BCUT2D eigenvalue weighted by Gasteiger charge is -2.50. The first-order valence-corrected chi connectivity index (χ1v) is 13.9. The van der Waals surface area contributed by atoms with Gasteiger partial charge in [-0.2, -0.15) is 0 Å². The SMILES string of the molecule is CCc1ccc(N(C2C=CC=C(C3=CC=C4CCCC3C4)C2)C(CC)(CC)c2ccccc2)cc1. The lowest BCUT2D eigenvalue weighted by molar-refractivity contribution is 0.348. The summed E-state index contributed by atoms with van der Waals surface area (Å²) in [6, 6.07) is 20.9. The molecule has 0 heterocycles. The van der Waals surface area contributed by atoms with Gasteiger partial charge in [-0.1, -0.05) is 99.2 Å². The van der Waals surface area contributed by atoms with Gasteiger partial charge in [0.15, 0.2) is 0 Å². The van der Waals surface area contributed by atoms with Crippen LogP contribution in [0.2, 0.25) is 0 Å². The monoisotopic (exact) mass is 463 g/mol. The highest BCUT2D eigenvalue weighted by Crippen LogP contribution is 2.45. The molecule has 1 fully saturated rings. The Morgan fingerprint density at radius 3 is 2.34 bits per heavy atom. The van der Waals surface area contributed by atoms with Crippen LogP contribution in [0.1, 0.15) is 76.8 Å². The molecule has 0 aliphatic heterocycles. The maximum absolute atomic E-state index is 2.76. The molecule has 1 heteroatoms. The highest BCUT2D eigenvalue weighted by Gasteiger charge is 2.40. The minimum Gasteiger partial charge on any atom is -0.355 e. The average Bonchev–Trinajstić information content (AvgIpc) is 2.93. The van der Waals surface area contributed by atoms with Gasteiger partial charge in [0, 0.05) is 5.69 Å². The van der Waals surface area contributed by atoms with E-state index in [4.69, 9.17) is 0 Å². The highest BCUT2D eigenvalue weighted by atomic mass is 15.2. The molecule has 0 amide bonds. The molecule has 3 aliphatic rings. The second-order valence-corrected chi connectivity index (χ2v) is 10.6. The van der Waals surface area contributed by atoms with Gasteiger partial charge in [-0.25, -0.2) is 0 Å². The first-order valence-electron chi connectivity index (χ1n) is 13.9. The minimum atomic E-state index is -0.0503. The standard InChI is InChI=1S/C34H41N/c1-4-26-18-21-31(22-19-26)35(34(5-2,6-3)30-15-8-7-9-16-30)32-17-11-14-29(25-32)33-23-20-27-12-10-13-28(33)24-27/h7-9,11,14-23,28,32H,4-6,10,12-13,24-25H2,1-3H3. The quantitative estimate of drug-likeness (QED) is 0.377. The molecule has 3 aliphatic carbocycles. The zero-order valence-corrected chi connectivity index (χ0v) is 21.8. The summed E-state index contributed by atoms with van der Waals surface area (Å²) in [5, 5.41) is 0. The molecule has 2 aromatic rings. The van der Waals surface area contributed by atoms with Gasteiger partial charge in [-0.15, -0.1) is 0 Å². The Morgan fingerprint density at radius 2 is 1.63 bits per heavy atom. The third-order valence-electron chi connectivity index (χ3n) is 8.82. The highest BCUT2D eigenvalue weighted by molar-refractivity contribution is 5.57. The molecule has 1 nitrogen and oxygen atoms in total. The molecule has 0 radical (unpaired) electrons. The van der Waals surface area contributed by atoms with E-state index in [1.54, 1.807) is 16.7 Å². The van der Waals surface area contributed by atoms with Gasteiger partial charge in [0.1, 0.15) is 0 Å². The first-order chi connectivity index (χ1) is 17.2. The Labute approximate surface area is 213 Å². The number of rotatable bonds is 8. The molecular formula is C34H41N. The zero-order chi connectivity index (χ0) is 24.3. The van der Waals surface area contributed by atoms with E-state index in [1.165, 1.54) is 42.5 Å². The van der Waals surface area contributed by atoms with Crippen molar-refractivity contribution >= 4 is 5.69 Å². The van der Waals surface area contributed by atoms with Crippen LogP contribution in [-0.4, -0.2) is 6.04 Å². The van der Waals surface area contributed by atoms with Gasteiger partial charge in [-0.05, 0) is 91.7 Å². The summed E-state index contributed by atoms with van der Waals surface area (Å²) in [7, 11) is 0. The number of aryl methyl sites for hydroxylation is 1. The van der Waals surface area contributed by atoms with Crippen molar-refractivity contribution in [2.24, 2.45) is 5.92 Å². The fourth-order valence-corrected chi connectivity index (χ4v) is 6.81. The lowest BCUT2D eigenvalue weighted by atomic mass is 9.73. The molecule has 2 bridgehead atoms. The fraction of sp³-hybridized carbons (Fsp3) is 0.412. The molecule has 5 rings (SSSR count).